The fraction of sp³-hybridized carbons (Fsp3) is 0.765. The molecule has 1 aromatic heterocycles. The van der Waals surface area contributed by atoms with Gasteiger partial charge < -0.3 is 9.64 Å². The van der Waals surface area contributed by atoms with Crippen LogP contribution in [0.5, 0.6) is 0 Å². The van der Waals surface area contributed by atoms with Gasteiger partial charge in [-0.25, -0.2) is 0 Å². The average molecular weight is 355 g/mol. The first-order chi connectivity index (χ1) is 11.6. The van der Waals surface area contributed by atoms with E-state index in [1.54, 1.807) is 4.68 Å². The minimum Gasteiger partial charge on any atom is -0.379 e. The van der Waals surface area contributed by atoms with Crippen LogP contribution in [-0.2, 0) is 16.1 Å². The second kappa shape index (κ2) is 7.85. The molecule has 0 N–H and O–H groups in total. The molecule has 0 aromatic carbocycles. The summed E-state index contributed by atoms with van der Waals surface area (Å²) in [5, 5.41) is 5.05. The van der Waals surface area contributed by atoms with E-state index in [1.807, 2.05) is 13.8 Å². The van der Waals surface area contributed by atoms with Crippen LogP contribution in [-0.4, -0.2) is 70.9 Å². The molecule has 0 aliphatic carbocycles. The lowest BCUT2D eigenvalue weighted by molar-refractivity contribution is -0.136. The van der Waals surface area contributed by atoms with E-state index >= 15 is 0 Å². The number of carbonyl (C=O) groups is 1. The predicted octanol–water partition coefficient (Wildman–Crippen LogP) is 1.87. The Hall–Kier alpha value is -1.11. The van der Waals surface area contributed by atoms with Crippen molar-refractivity contribution in [2.24, 2.45) is 0 Å². The van der Waals surface area contributed by atoms with Crippen LogP contribution in [0.2, 0.25) is 5.02 Å². The van der Waals surface area contributed by atoms with Crippen LogP contribution >= 0.6 is 11.6 Å². The van der Waals surface area contributed by atoms with Gasteiger partial charge >= 0.3 is 0 Å². The van der Waals surface area contributed by atoms with Crippen LogP contribution < -0.4 is 0 Å². The number of ether oxygens (including phenoxy) is 1. The second-order valence-electron chi connectivity index (χ2n) is 6.79. The van der Waals surface area contributed by atoms with Crippen LogP contribution in [0.3, 0.4) is 0 Å². The molecule has 24 heavy (non-hydrogen) atoms. The van der Waals surface area contributed by atoms with Crippen molar-refractivity contribution in [1.82, 2.24) is 19.6 Å². The number of amides is 1. The molecule has 7 heteroatoms. The lowest BCUT2D eigenvalue weighted by Gasteiger charge is -2.39. The molecular weight excluding hydrogens is 328 g/mol. The third-order valence-electron chi connectivity index (χ3n) is 5.10. The van der Waals surface area contributed by atoms with Gasteiger partial charge in [-0.1, -0.05) is 11.6 Å². The molecule has 0 radical (unpaired) electrons. The first-order valence-corrected chi connectivity index (χ1v) is 9.23. The Labute approximate surface area is 148 Å². The zero-order chi connectivity index (χ0) is 17.1. The molecule has 2 fully saturated rings. The lowest BCUT2D eigenvalue weighted by Crippen LogP contribution is -2.52. The highest BCUT2D eigenvalue weighted by Crippen LogP contribution is 2.22. The quantitative estimate of drug-likeness (QED) is 0.828. The summed E-state index contributed by atoms with van der Waals surface area (Å²) in [6.07, 6.45) is 3.37. The van der Waals surface area contributed by atoms with Gasteiger partial charge in [0.1, 0.15) is 6.54 Å². The molecule has 0 bridgehead atoms. The first-order valence-electron chi connectivity index (χ1n) is 8.85. The first kappa shape index (κ1) is 17.7. The molecule has 3 heterocycles. The topological polar surface area (TPSA) is 50.6 Å². The third-order valence-corrected chi connectivity index (χ3v) is 5.65. The molecule has 3 rings (SSSR count). The summed E-state index contributed by atoms with van der Waals surface area (Å²) in [5.74, 6) is 0.148. The lowest BCUT2D eigenvalue weighted by atomic mass is 10.0. The fourth-order valence-electron chi connectivity index (χ4n) is 3.65. The summed E-state index contributed by atoms with van der Waals surface area (Å²) >= 11 is 6.20. The third kappa shape index (κ3) is 3.92. The van der Waals surface area contributed by atoms with Crippen LogP contribution in [0, 0.1) is 13.8 Å². The highest BCUT2D eigenvalue weighted by Gasteiger charge is 2.29. The second-order valence-corrected chi connectivity index (χ2v) is 7.17. The van der Waals surface area contributed by atoms with E-state index in [-0.39, 0.29) is 12.5 Å². The van der Waals surface area contributed by atoms with Crippen LogP contribution in [0.1, 0.15) is 30.7 Å². The zero-order valence-corrected chi connectivity index (χ0v) is 15.4. The fourth-order valence-corrected chi connectivity index (χ4v) is 3.78. The average Bonchev–Trinajstić information content (AvgIpc) is 2.83. The van der Waals surface area contributed by atoms with E-state index in [9.17, 15) is 4.79 Å². The van der Waals surface area contributed by atoms with Gasteiger partial charge in [-0.05, 0) is 33.1 Å². The van der Waals surface area contributed by atoms with Gasteiger partial charge in [-0.2, -0.15) is 5.10 Å². The maximum Gasteiger partial charge on any atom is 0.244 e. The Morgan fingerprint density at radius 1 is 1.25 bits per heavy atom. The summed E-state index contributed by atoms with van der Waals surface area (Å²) in [6, 6.07) is 0.303. The van der Waals surface area contributed by atoms with E-state index in [0.29, 0.717) is 11.1 Å². The SMILES string of the molecule is Cc1nn(CC(=O)N2CCCC[C@@H]2CN2CCOCC2)c(C)c1Cl. The number of aryl methyl sites for hydroxylation is 1. The molecule has 134 valence electrons. The molecular formula is C17H27ClN4O2. The van der Waals surface area contributed by atoms with Crippen LogP contribution in [0.4, 0.5) is 0 Å². The highest BCUT2D eigenvalue weighted by molar-refractivity contribution is 6.31. The summed E-state index contributed by atoms with van der Waals surface area (Å²) in [5.41, 5.74) is 1.65. The minimum absolute atomic E-state index is 0.148. The largest absolute Gasteiger partial charge is 0.379 e. The molecule has 0 saturated carbocycles. The number of likely N-dealkylation sites (tertiary alicyclic amines) is 1. The molecule has 1 atom stereocenters. The molecule has 2 aliphatic heterocycles. The monoisotopic (exact) mass is 354 g/mol. The predicted molar refractivity (Wildman–Crippen MR) is 93.3 cm³/mol. The summed E-state index contributed by atoms with van der Waals surface area (Å²) in [7, 11) is 0. The van der Waals surface area contributed by atoms with E-state index in [1.165, 1.54) is 6.42 Å². The van der Waals surface area contributed by atoms with Gasteiger partial charge in [0, 0.05) is 32.2 Å². The molecule has 0 unspecified atom stereocenters. The van der Waals surface area contributed by atoms with Crippen molar-refractivity contribution in [3.63, 3.8) is 0 Å². The van der Waals surface area contributed by atoms with E-state index in [4.69, 9.17) is 16.3 Å². The number of halogens is 1. The van der Waals surface area contributed by atoms with Gasteiger partial charge in [0.15, 0.2) is 0 Å². The smallest absolute Gasteiger partial charge is 0.244 e. The van der Waals surface area contributed by atoms with Gasteiger partial charge in [0.2, 0.25) is 5.91 Å². The van der Waals surface area contributed by atoms with Crippen molar-refractivity contribution in [2.75, 3.05) is 39.4 Å². The van der Waals surface area contributed by atoms with Crippen molar-refractivity contribution < 1.29 is 9.53 Å². The van der Waals surface area contributed by atoms with Crippen molar-refractivity contribution in [1.29, 1.82) is 0 Å². The standard InChI is InChI=1S/C17H27ClN4O2/c1-13-17(18)14(2)22(19-13)12-16(23)21-6-4-3-5-15(21)11-20-7-9-24-10-8-20/h15H,3-12H2,1-2H3/t15-/m1/s1. The number of nitrogens with zero attached hydrogens (tertiary/aromatic N) is 4. The Morgan fingerprint density at radius 2 is 2.00 bits per heavy atom. The molecule has 2 saturated heterocycles. The van der Waals surface area contributed by atoms with Crippen molar-refractivity contribution in [2.45, 2.75) is 45.7 Å². The zero-order valence-electron chi connectivity index (χ0n) is 14.6. The number of hydrogen-bond acceptors (Lipinski definition) is 4. The number of rotatable bonds is 4. The number of piperidine rings is 1. The number of carbonyl (C=O) groups excluding carboxylic acids is 1. The van der Waals surface area contributed by atoms with Gasteiger partial charge in [0.05, 0.1) is 29.6 Å². The summed E-state index contributed by atoms with van der Waals surface area (Å²) in [4.78, 5) is 17.3. The van der Waals surface area contributed by atoms with Crippen LogP contribution in [0.25, 0.3) is 0 Å². The van der Waals surface area contributed by atoms with E-state index in [0.717, 1.165) is 63.6 Å². The van der Waals surface area contributed by atoms with Gasteiger partial charge in [-0.3, -0.25) is 14.4 Å². The van der Waals surface area contributed by atoms with Crippen molar-refractivity contribution >= 4 is 17.5 Å². The van der Waals surface area contributed by atoms with Crippen molar-refractivity contribution in [3.05, 3.63) is 16.4 Å². The maximum absolute atomic E-state index is 12.9. The maximum atomic E-state index is 12.9. The number of hydrogen-bond donors (Lipinski definition) is 0. The van der Waals surface area contributed by atoms with E-state index in [2.05, 4.69) is 14.9 Å². The minimum atomic E-state index is 0.148. The molecule has 6 nitrogen and oxygen atoms in total. The Balaban J connectivity index is 1.65. The highest BCUT2D eigenvalue weighted by atomic mass is 35.5. The van der Waals surface area contributed by atoms with Crippen molar-refractivity contribution in [3.8, 4) is 0 Å². The number of aromatic nitrogens is 2. The molecule has 2 aliphatic rings. The Bertz CT molecular complexity index is 583. The van der Waals surface area contributed by atoms with E-state index < -0.39 is 0 Å². The molecule has 1 amide bonds. The molecule has 1 aromatic rings. The Morgan fingerprint density at radius 3 is 2.67 bits per heavy atom. The number of morpholine rings is 1. The molecule has 0 spiro atoms. The summed E-state index contributed by atoms with van der Waals surface area (Å²) in [6.45, 7) is 9.38. The van der Waals surface area contributed by atoms with Gasteiger partial charge in [0.25, 0.3) is 0 Å². The Kier molecular flexibility index (Phi) is 5.79. The summed E-state index contributed by atoms with van der Waals surface area (Å²) < 4.78 is 7.16. The normalized spacial score (nSPS) is 22.8. The van der Waals surface area contributed by atoms with Crippen LogP contribution in [0.15, 0.2) is 0 Å². The van der Waals surface area contributed by atoms with Gasteiger partial charge in [-0.15, -0.1) is 0 Å².